The van der Waals surface area contributed by atoms with E-state index in [-0.39, 0.29) is 13.2 Å². The van der Waals surface area contributed by atoms with Crippen molar-refractivity contribution < 1.29 is 24.0 Å². The van der Waals surface area contributed by atoms with Crippen LogP contribution in [0.3, 0.4) is 0 Å². The number of benzene rings is 1. The van der Waals surface area contributed by atoms with Crippen molar-refractivity contribution >= 4 is 17.9 Å². The van der Waals surface area contributed by atoms with E-state index in [0.717, 1.165) is 5.56 Å². The summed E-state index contributed by atoms with van der Waals surface area (Å²) in [7, 11) is 0. The SMILES string of the molecule is Cc1nc(-c2onc(C)c2CNC(=O)OCc2ccccc2)ccc1NC(=O)O. The Morgan fingerprint density at radius 3 is 2.55 bits per heavy atom. The first-order valence-electron chi connectivity index (χ1n) is 8.81. The number of alkyl carbamates (subject to hydrolysis) is 1. The van der Waals surface area contributed by atoms with Crippen molar-refractivity contribution in [3.8, 4) is 11.5 Å². The second-order valence-corrected chi connectivity index (χ2v) is 6.25. The molecule has 1 aromatic carbocycles. The zero-order valence-corrected chi connectivity index (χ0v) is 15.9. The van der Waals surface area contributed by atoms with Gasteiger partial charge in [0.05, 0.1) is 23.6 Å². The summed E-state index contributed by atoms with van der Waals surface area (Å²) in [6.45, 7) is 3.75. The molecule has 3 rings (SSSR count). The van der Waals surface area contributed by atoms with Crippen LogP contribution in [0, 0.1) is 13.8 Å². The largest absolute Gasteiger partial charge is 0.465 e. The van der Waals surface area contributed by atoms with Gasteiger partial charge in [0.25, 0.3) is 0 Å². The maximum absolute atomic E-state index is 12.0. The maximum atomic E-state index is 12.0. The van der Waals surface area contributed by atoms with Gasteiger partial charge in [0, 0.05) is 5.56 Å². The molecule has 29 heavy (non-hydrogen) atoms. The maximum Gasteiger partial charge on any atom is 0.409 e. The monoisotopic (exact) mass is 396 g/mol. The van der Waals surface area contributed by atoms with Gasteiger partial charge in [-0.25, -0.2) is 14.6 Å². The van der Waals surface area contributed by atoms with E-state index in [1.165, 1.54) is 0 Å². The molecular formula is C20H20N4O5. The van der Waals surface area contributed by atoms with Gasteiger partial charge in [0.1, 0.15) is 12.3 Å². The van der Waals surface area contributed by atoms with Crippen LogP contribution in [-0.2, 0) is 17.9 Å². The Balaban J connectivity index is 1.67. The van der Waals surface area contributed by atoms with Crippen LogP contribution in [-0.4, -0.2) is 27.4 Å². The Bertz CT molecular complexity index is 1020. The van der Waals surface area contributed by atoms with Crippen molar-refractivity contribution in [2.75, 3.05) is 5.32 Å². The van der Waals surface area contributed by atoms with Gasteiger partial charge in [-0.15, -0.1) is 0 Å². The van der Waals surface area contributed by atoms with E-state index in [9.17, 15) is 9.59 Å². The number of rotatable bonds is 6. The summed E-state index contributed by atoms with van der Waals surface area (Å²) in [5, 5.41) is 17.7. The number of pyridine rings is 1. The summed E-state index contributed by atoms with van der Waals surface area (Å²) in [6, 6.07) is 12.6. The zero-order valence-electron chi connectivity index (χ0n) is 15.9. The summed E-state index contributed by atoms with van der Waals surface area (Å²) in [5.41, 5.74) is 3.50. The predicted octanol–water partition coefficient (Wildman–Crippen LogP) is 3.87. The Labute approximate surface area is 166 Å². The molecule has 0 atom stereocenters. The molecule has 0 saturated carbocycles. The lowest BCUT2D eigenvalue weighted by Gasteiger charge is -2.09. The van der Waals surface area contributed by atoms with Crippen molar-refractivity contribution in [1.29, 1.82) is 0 Å². The topological polar surface area (TPSA) is 127 Å². The van der Waals surface area contributed by atoms with Gasteiger partial charge < -0.3 is 19.7 Å². The number of hydrogen-bond donors (Lipinski definition) is 3. The van der Waals surface area contributed by atoms with Gasteiger partial charge in [0.15, 0.2) is 5.76 Å². The van der Waals surface area contributed by atoms with E-state index in [1.807, 2.05) is 30.3 Å². The molecule has 0 bridgehead atoms. The van der Waals surface area contributed by atoms with Gasteiger partial charge in [-0.2, -0.15) is 0 Å². The number of nitrogens with zero attached hydrogens (tertiary/aromatic N) is 2. The Kier molecular flexibility index (Phi) is 6.08. The molecule has 9 nitrogen and oxygen atoms in total. The lowest BCUT2D eigenvalue weighted by atomic mass is 10.1. The second-order valence-electron chi connectivity index (χ2n) is 6.25. The van der Waals surface area contributed by atoms with Crippen molar-refractivity contribution in [1.82, 2.24) is 15.5 Å². The highest BCUT2D eigenvalue weighted by Gasteiger charge is 2.18. The molecule has 0 fully saturated rings. The third-order valence-corrected chi connectivity index (χ3v) is 4.17. The summed E-state index contributed by atoms with van der Waals surface area (Å²) in [5.74, 6) is 0.399. The average molecular weight is 396 g/mol. The third kappa shape index (κ3) is 5.10. The first-order chi connectivity index (χ1) is 13.9. The van der Waals surface area contributed by atoms with E-state index in [0.29, 0.717) is 34.1 Å². The van der Waals surface area contributed by atoms with E-state index in [4.69, 9.17) is 14.4 Å². The minimum atomic E-state index is -1.17. The lowest BCUT2D eigenvalue weighted by molar-refractivity contribution is 0.139. The molecule has 0 unspecified atom stereocenters. The fraction of sp³-hybridized carbons (Fsp3) is 0.200. The molecule has 0 aliphatic rings. The smallest absolute Gasteiger partial charge is 0.409 e. The van der Waals surface area contributed by atoms with Crippen LogP contribution in [0.25, 0.3) is 11.5 Å². The van der Waals surface area contributed by atoms with Crippen LogP contribution >= 0.6 is 0 Å². The normalized spacial score (nSPS) is 10.4. The van der Waals surface area contributed by atoms with Gasteiger partial charge in [0.2, 0.25) is 0 Å². The fourth-order valence-corrected chi connectivity index (χ4v) is 2.67. The van der Waals surface area contributed by atoms with Crippen LogP contribution in [0.5, 0.6) is 0 Å². The zero-order chi connectivity index (χ0) is 20.8. The van der Waals surface area contributed by atoms with Crippen LogP contribution < -0.4 is 10.6 Å². The molecular weight excluding hydrogens is 376 g/mol. The number of carboxylic acid groups (broad SMARTS) is 1. The van der Waals surface area contributed by atoms with E-state index >= 15 is 0 Å². The molecule has 0 aliphatic heterocycles. The molecule has 0 radical (unpaired) electrons. The lowest BCUT2D eigenvalue weighted by Crippen LogP contribution is -2.24. The number of aryl methyl sites for hydroxylation is 2. The number of aromatic nitrogens is 2. The highest BCUT2D eigenvalue weighted by molar-refractivity contribution is 5.84. The number of amides is 2. The van der Waals surface area contributed by atoms with E-state index < -0.39 is 12.2 Å². The first kappa shape index (κ1) is 19.9. The van der Waals surface area contributed by atoms with Gasteiger partial charge in [-0.1, -0.05) is 35.5 Å². The van der Waals surface area contributed by atoms with E-state index in [1.54, 1.807) is 26.0 Å². The molecule has 2 heterocycles. The van der Waals surface area contributed by atoms with Gasteiger partial charge in [-0.05, 0) is 31.5 Å². The van der Waals surface area contributed by atoms with Crippen LogP contribution in [0.2, 0.25) is 0 Å². The summed E-state index contributed by atoms with van der Waals surface area (Å²) in [4.78, 5) is 27.2. The Morgan fingerprint density at radius 2 is 1.86 bits per heavy atom. The minimum Gasteiger partial charge on any atom is -0.465 e. The fourth-order valence-electron chi connectivity index (χ4n) is 2.67. The average Bonchev–Trinajstić information content (AvgIpc) is 3.07. The Hall–Kier alpha value is -3.88. The standard InChI is InChI=1S/C20H20N4O5/c1-12-15(10-21-20(27)28-11-14-6-4-3-5-7-14)18(29-24-12)17-9-8-16(13(2)22-17)23-19(25)26/h3-9,23H,10-11H2,1-2H3,(H,21,27)(H,25,26). The predicted molar refractivity (Wildman–Crippen MR) is 104 cm³/mol. The summed E-state index contributed by atoms with van der Waals surface area (Å²) < 4.78 is 10.6. The van der Waals surface area contributed by atoms with Crippen LogP contribution in [0.4, 0.5) is 15.3 Å². The molecule has 0 saturated heterocycles. The molecule has 2 aromatic heterocycles. The summed E-state index contributed by atoms with van der Waals surface area (Å²) >= 11 is 0. The molecule has 3 N–H and O–H groups in total. The highest BCUT2D eigenvalue weighted by Crippen LogP contribution is 2.27. The van der Waals surface area contributed by atoms with Crippen LogP contribution in [0.1, 0.15) is 22.5 Å². The molecule has 2 amide bonds. The minimum absolute atomic E-state index is 0.147. The Morgan fingerprint density at radius 1 is 1.10 bits per heavy atom. The molecule has 0 aliphatic carbocycles. The van der Waals surface area contributed by atoms with Gasteiger partial charge in [-0.3, -0.25) is 5.32 Å². The van der Waals surface area contributed by atoms with E-state index in [2.05, 4.69) is 20.8 Å². The molecule has 3 aromatic rings. The first-order valence-corrected chi connectivity index (χ1v) is 8.81. The quantitative estimate of drug-likeness (QED) is 0.577. The number of anilines is 1. The molecule has 150 valence electrons. The highest BCUT2D eigenvalue weighted by atomic mass is 16.5. The van der Waals surface area contributed by atoms with Crippen molar-refractivity contribution in [3.05, 3.63) is 65.0 Å². The number of hydrogen-bond acceptors (Lipinski definition) is 6. The number of carbonyl (C=O) groups is 2. The third-order valence-electron chi connectivity index (χ3n) is 4.17. The van der Waals surface area contributed by atoms with Crippen LogP contribution in [0.15, 0.2) is 47.0 Å². The number of ether oxygens (including phenoxy) is 1. The molecule has 9 heteroatoms. The van der Waals surface area contributed by atoms with Crippen molar-refractivity contribution in [2.45, 2.75) is 27.0 Å². The second kappa shape index (κ2) is 8.87. The number of carbonyl (C=O) groups excluding carboxylic acids is 1. The van der Waals surface area contributed by atoms with Gasteiger partial charge >= 0.3 is 12.2 Å². The van der Waals surface area contributed by atoms with Crippen molar-refractivity contribution in [2.24, 2.45) is 0 Å². The summed E-state index contributed by atoms with van der Waals surface area (Å²) in [6.07, 6.45) is -1.73. The molecule has 0 spiro atoms. The van der Waals surface area contributed by atoms with Crippen molar-refractivity contribution in [3.63, 3.8) is 0 Å². The number of nitrogens with one attached hydrogen (secondary N) is 2.